The number of likely N-dealkylation sites (tertiary alicyclic amines) is 3. The molecule has 0 radical (unpaired) electrons. The molecule has 3 fully saturated rings. The van der Waals surface area contributed by atoms with Crippen molar-refractivity contribution in [1.82, 2.24) is 14.7 Å². The average molecular weight is 632 g/mol. The molecule has 1 atom stereocenters. The van der Waals surface area contributed by atoms with Gasteiger partial charge < -0.3 is 14.7 Å². The minimum absolute atomic E-state index is 0.0350. The first-order valence-corrected chi connectivity index (χ1v) is 15.2. The van der Waals surface area contributed by atoms with Crippen LogP contribution in [-0.2, 0) is 29.0 Å². The van der Waals surface area contributed by atoms with Crippen molar-refractivity contribution in [1.29, 1.82) is 0 Å². The summed E-state index contributed by atoms with van der Waals surface area (Å²) >= 11 is 0. The van der Waals surface area contributed by atoms with Gasteiger partial charge in [-0.1, -0.05) is 12.5 Å². The highest BCUT2D eigenvalue weighted by molar-refractivity contribution is 5.79. The molecule has 3 aliphatic heterocycles. The van der Waals surface area contributed by atoms with Crippen LogP contribution in [0, 0.1) is 11.6 Å². The number of nitrogens with zero attached hydrogens (tertiary/aromatic N) is 3. The molecule has 4 nitrogen and oxygen atoms in total. The number of amides is 1. The number of halogens is 8. The third-order valence-electron chi connectivity index (χ3n) is 9.61. The SMILES string of the molecule is O=C(Cc1cc(C(F)(F)F)cc(C(F)(F)F)c1)N1CC[C@@](CCN2CCC(N3CCCCC3)CC2)(c2ccc(F)c(F)c2)C1. The molecule has 242 valence electrons. The molecule has 2 aromatic carbocycles. The van der Waals surface area contributed by atoms with E-state index < -0.39 is 52.9 Å². The van der Waals surface area contributed by atoms with E-state index in [2.05, 4.69) is 9.80 Å². The second-order valence-corrected chi connectivity index (χ2v) is 12.5. The third-order valence-corrected chi connectivity index (χ3v) is 9.61. The van der Waals surface area contributed by atoms with Crippen LogP contribution < -0.4 is 0 Å². The van der Waals surface area contributed by atoms with Crippen molar-refractivity contribution in [2.45, 2.75) is 75.2 Å². The Morgan fingerprint density at radius 2 is 1.43 bits per heavy atom. The third kappa shape index (κ3) is 7.55. The molecular weight excluding hydrogens is 594 g/mol. The lowest BCUT2D eigenvalue weighted by Gasteiger charge is -2.41. The highest BCUT2D eigenvalue weighted by Crippen LogP contribution is 2.40. The minimum Gasteiger partial charge on any atom is -0.341 e. The zero-order chi connectivity index (χ0) is 31.7. The van der Waals surface area contributed by atoms with Gasteiger partial charge in [-0.3, -0.25) is 4.79 Å². The van der Waals surface area contributed by atoms with E-state index in [0.29, 0.717) is 43.1 Å². The summed E-state index contributed by atoms with van der Waals surface area (Å²) in [5, 5.41) is 0. The number of benzene rings is 2. The van der Waals surface area contributed by atoms with Gasteiger partial charge in [0.25, 0.3) is 0 Å². The first-order valence-electron chi connectivity index (χ1n) is 15.2. The highest BCUT2D eigenvalue weighted by atomic mass is 19.4. The molecule has 3 saturated heterocycles. The molecule has 0 aromatic heterocycles. The molecule has 3 heterocycles. The van der Waals surface area contributed by atoms with Crippen molar-refractivity contribution in [3.05, 3.63) is 70.3 Å². The van der Waals surface area contributed by atoms with E-state index in [1.807, 2.05) is 0 Å². The number of hydrogen-bond donors (Lipinski definition) is 0. The van der Waals surface area contributed by atoms with Crippen LogP contribution in [0.2, 0.25) is 0 Å². The Bertz CT molecular complexity index is 1280. The smallest absolute Gasteiger partial charge is 0.341 e. The van der Waals surface area contributed by atoms with Gasteiger partial charge in [-0.25, -0.2) is 8.78 Å². The first-order chi connectivity index (χ1) is 20.7. The fourth-order valence-corrected chi connectivity index (χ4v) is 7.07. The van der Waals surface area contributed by atoms with Crippen LogP contribution in [0.5, 0.6) is 0 Å². The Morgan fingerprint density at radius 1 is 0.795 bits per heavy atom. The van der Waals surface area contributed by atoms with Crippen LogP contribution >= 0.6 is 0 Å². The highest BCUT2D eigenvalue weighted by Gasteiger charge is 2.43. The topological polar surface area (TPSA) is 26.8 Å². The van der Waals surface area contributed by atoms with Crippen molar-refractivity contribution in [3.63, 3.8) is 0 Å². The van der Waals surface area contributed by atoms with E-state index >= 15 is 0 Å². The van der Waals surface area contributed by atoms with E-state index in [9.17, 15) is 39.9 Å². The molecule has 0 saturated carbocycles. The Labute approximate surface area is 252 Å². The predicted octanol–water partition coefficient (Wildman–Crippen LogP) is 7.06. The number of hydrogen-bond acceptors (Lipinski definition) is 3. The van der Waals surface area contributed by atoms with Crippen LogP contribution in [0.3, 0.4) is 0 Å². The fourth-order valence-electron chi connectivity index (χ4n) is 7.07. The maximum atomic E-state index is 14.4. The molecule has 0 N–H and O–H groups in total. The summed E-state index contributed by atoms with van der Waals surface area (Å²) in [7, 11) is 0. The molecular formula is C32H37F8N3O. The zero-order valence-electron chi connectivity index (χ0n) is 24.4. The summed E-state index contributed by atoms with van der Waals surface area (Å²) < 4.78 is 108. The lowest BCUT2D eigenvalue weighted by atomic mass is 9.76. The Kier molecular flexibility index (Phi) is 9.61. The largest absolute Gasteiger partial charge is 0.416 e. The number of carbonyl (C=O) groups excluding carboxylic acids is 1. The van der Waals surface area contributed by atoms with Crippen LogP contribution in [0.15, 0.2) is 36.4 Å². The van der Waals surface area contributed by atoms with Gasteiger partial charge in [-0.15, -0.1) is 0 Å². The molecule has 0 spiro atoms. The summed E-state index contributed by atoms with van der Waals surface area (Å²) in [5.41, 5.74) is -3.56. The summed E-state index contributed by atoms with van der Waals surface area (Å²) in [6.45, 7) is 5.02. The van der Waals surface area contributed by atoms with Gasteiger partial charge in [0.1, 0.15) is 0 Å². The summed E-state index contributed by atoms with van der Waals surface area (Å²) in [4.78, 5) is 19.6. The molecule has 0 unspecified atom stereocenters. The van der Waals surface area contributed by atoms with Crippen molar-refractivity contribution in [2.24, 2.45) is 0 Å². The lowest BCUT2D eigenvalue weighted by molar-refractivity contribution is -0.143. The summed E-state index contributed by atoms with van der Waals surface area (Å²) in [6, 6.07) is 5.40. The number of rotatable bonds is 7. The Balaban J connectivity index is 1.29. The van der Waals surface area contributed by atoms with E-state index in [1.165, 1.54) is 30.2 Å². The molecule has 5 rings (SSSR count). The zero-order valence-corrected chi connectivity index (χ0v) is 24.4. The van der Waals surface area contributed by atoms with Crippen molar-refractivity contribution >= 4 is 5.91 Å². The van der Waals surface area contributed by atoms with E-state index in [4.69, 9.17) is 0 Å². The molecule has 3 aliphatic rings. The van der Waals surface area contributed by atoms with Gasteiger partial charge in [0.2, 0.25) is 5.91 Å². The lowest BCUT2D eigenvalue weighted by Crippen LogP contribution is -2.47. The Hall–Kier alpha value is -2.73. The minimum atomic E-state index is -5.02. The van der Waals surface area contributed by atoms with Crippen LogP contribution in [0.4, 0.5) is 35.1 Å². The van der Waals surface area contributed by atoms with Crippen LogP contribution in [-0.4, -0.2) is 72.5 Å². The quantitative estimate of drug-likeness (QED) is 0.307. The number of piperidine rings is 2. The van der Waals surface area contributed by atoms with Gasteiger partial charge in [-0.2, -0.15) is 26.3 Å². The molecule has 0 aliphatic carbocycles. The first kappa shape index (κ1) is 32.7. The second kappa shape index (κ2) is 12.9. The number of carbonyl (C=O) groups is 1. The van der Waals surface area contributed by atoms with Gasteiger partial charge in [0, 0.05) is 24.5 Å². The standard InChI is InChI=1S/C32H37F8N3O/c33-27-5-4-23(20-28(27)34)30(8-14-41-12-6-26(7-13-41)42-10-2-1-3-11-42)9-15-43(21-30)29(44)18-22-16-24(31(35,36)37)19-25(17-22)32(38,39)40/h4-5,16-17,19-20,26H,1-3,6-15,18,21H2/t30-/m1/s1. The summed E-state index contributed by atoms with van der Waals surface area (Å²) in [5.74, 6) is -2.64. The average Bonchev–Trinajstić information content (AvgIpc) is 3.43. The van der Waals surface area contributed by atoms with Crippen LogP contribution in [0.1, 0.15) is 67.2 Å². The summed E-state index contributed by atoms with van der Waals surface area (Å²) in [6.07, 6.45) is -3.93. The van der Waals surface area contributed by atoms with Crippen molar-refractivity contribution < 1.29 is 39.9 Å². The molecule has 12 heteroatoms. The van der Waals surface area contributed by atoms with E-state index in [0.717, 1.165) is 51.2 Å². The van der Waals surface area contributed by atoms with Crippen molar-refractivity contribution in [3.8, 4) is 0 Å². The molecule has 0 bridgehead atoms. The molecule has 44 heavy (non-hydrogen) atoms. The van der Waals surface area contributed by atoms with Gasteiger partial charge in [0.15, 0.2) is 11.6 Å². The second-order valence-electron chi connectivity index (χ2n) is 12.5. The fraction of sp³-hybridized carbons (Fsp3) is 0.594. The van der Waals surface area contributed by atoms with Crippen molar-refractivity contribution in [2.75, 3.05) is 45.8 Å². The predicted molar refractivity (Wildman–Crippen MR) is 149 cm³/mol. The van der Waals surface area contributed by atoms with E-state index in [-0.39, 0.29) is 24.7 Å². The van der Waals surface area contributed by atoms with E-state index in [1.54, 1.807) is 0 Å². The van der Waals surface area contributed by atoms with Gasteiger partial charge in [-0.05, 0) is 113 Å². The maximum absolute atomic E-state index is 14.4. The number of alkyl halides is 6. The maximum Gasteiger partial charge on any atom is 0.416 e. The normalized spacial score (nSPS) is 23.0. The Morgan fingerprint density at radius 3 is 2.02 bits per heavy atom. The van der Waals surface area contributed by atoms with Gasteiger partial charge in [0.05, 0.1) is 17.5 Å². The molecule has 1 amide bonds. The molecule has 2 aromatic rings. The van der Waals surface area contributed by atoms with Gasteiger partial charge >= 0.3 is 12.4 Å². The monoisotopic (exact) mass is 631 g/mol. The van der Waals surface area contributed by atoms with Crippen LogP contribution in [0.25, 0.3) is 0 Å².